The van der Waals surface area contributed by atoms with Gasteiger partial charge in [0, 0.05) is 12.0 Å². The molecule has 0 saturated heterocycles. The van der Waals surface area contributed by atoms with Crippen LogP contribution in [0.5, 0.6) is 0 Å². The van der Waals surface area contributed by atoms with Crippen molar-refractivity contribution >= 4 is 23.6 Å². The van der Waals surface area contributed by atoms with Gasteiger partial charge in [0.25, 0.3) is 11.8 Å². The van der Waals surface area contributed by atoms with Crippen LogP contribution in [0, 0.1) is 6.92 Å². The lowest BCUT2D eigenvalue weighted by atomic mass is 10.0. The van der Waals surface area contributed by atoms with Gasteiger partial charge < -0.3 is 4.74 Å². The van der Waals surface area contributed by atoms with E-state index in [4.69, 9.17) is 4.74 Å². The van der Waals surface area contributed by atoms with E-state index in [0.717, 1.165) is 16.0 Å². The molecule has 0 fully saturated rings. The molecule has 6 heteroatoms. The molecule has 4 rings (SSSR count). The lowest BCUT2D eigenvalue weighted by Gasteiger charge is -2.24. The minimum atomic E-state index is -1.18. The highest BCUT2D eigenvalue weighted by atomic mass is 16.5. The van der Waals surface area contributed by atoms with Crippen LogP contribution in [0.3, 0.4) is 0 Å². The number of carbonyl (C=O) groups is 4. The zero-order chi connectivity index (χ0) is 22.7. The molecule has 0 spiro atoms. The maximum absolute atomic E-state index is 13.0. The second-order valence-corrected chi connectivity index (χ2v) is 7.63. The van der Waals surface area contributed by atoms with E-state index in [9.17, 15) is 19.2 Å². The Balaban J connectivity index is 1.56. The first kappa shape index (κ1) is 21.2. The number of Topliss-reactive ketones (excluding diaryl/α,β-unsaturated/α-hetero) is 1. The second kappa shape index (κ2) is 8.98. The number of esters is 1. The average Bonchev–Trinajstić information content (AvgIpc) is 3.07. The zero-order valence-electron chi connectivity index (χ0n) is 17.5. The maximum Gasteiger partial charge on any atom is 0.330 e. The van der Waals surface area contributed by atoms with Crippen LogP contribution < -0.4 is 0 Å². The topological polar surface area (TPSA) is 80.8 Å². The summed E-state index contributed by atoms with van der Waals surface area (Å²) in [6, 6.07) is 21.2. The van der Waals surface area contributed by atoms with Crippen molar-refractivity contribution in [2.75, 3.05) is 6.61 Å². The molecule has 1 heterocycles. The van der Waals surface area contributed by atoms with Gasteiger partial charge >= 0.3 is 5.97 Å². The van der Waals surface area contributed by atoms with E-state index in [1.54, 1.807) is 72.8 Å². The number of ether oxygens (including phenoxy) is 1. The Morgan fingerprint density at radius 2 is 1.38 bits per heavy atom. The molecule has 3 aromatic carbocycles. The van der Waals surface area contributed by atoms with Crippen LogP contribution in [0.4, 0.5) is 0 Å². The molecule has 1 aliphatic heterocycles. The van der Waals surface area contributed by atoms with Crippen LogP contribution in [-0.2, 0) is 16.0 Å². The molecule has 0 aromatic heterocycles. The zero-order valence-corrected chi connectivity index (χ0v) is 17.5. The van der Waals surface area contributed by atoms with E-state index >= 15 is 0 Å². The number of hydrogen-bond acceptors (Lipinski definition) is 5. The Labute approximate surface area is 185 Å². The van der Waals surface area contributed by atoms with E-state index < -0.39 is 30.4 Å². The van der Waals surface area contributed by atoms with E-state index in [2.05, 4.69) is 0 Å². The van der Waals surface area contributed by atoms with Crippen LogP contribution in [0.15, 0.2) is 78.9 Å². The van der Waals surface area contributed by atoms with Gasteiger partial charge in [0.15, 0.2) is 12.4 Å². The highest BCUT2D eigenvalue weighted by Crippen LogP contribution is 2.26. The summed E-state index contributed by atoms with van der Waals surface area (Å²) in [6.45, 7) is 1.43. The minimum Gasteiger partial charge on any atom is -0.456 e. The van der Waals surface area contributed by atoms with Crippen molar-refractivity contribution < 1.29 is 23.9 Å². The molecule has 1 aliphatic rings. The van der Waals surface area contributed by atoms with Gasteiger partial charge in [-0.1, -0.05) is 72.3 Å². The molecule has 32 heavy (non-hydrogen) atoms. The lowest BCUT2D eigenvalue weighted by molar-refractivity contribution is -0.147. The highest BCUT2D eigenvalue weighted by molar-refractivity contribution is 6.22. The van der Waals surface area contributed by atoms with E-state index in [1.807, 2.05) is 13.0 Å². The number of aryl methyl sites for hydroxylation is 1. The molecule has 6 nitrogen and oxygen atoms in total. The van der Waals surface area contributed by atoms with Crippen molar-refractivity contribution in [1.29, 1.82) is 0 Å². The van der Waals surface area contributed by atoms with Gasteiger partial charge in [-0.3, -0.25) is 19.3 Å². The number of benzene rings is 3. The first-order valence-corrected chi connectivity index (χ1v) is 10.2. The monoisotopic (exact) mass is 427 g/mol. The molecule has 0 N–H and O–H groups in total. The summed E-state index contributed by atoms with van der Waals surface area (Å²) in [5, 5.41) is 0. The van der Waals surface area contributed by atoms with Crippen molar-refractivity contribution in [3.05, 3.63) is 107 Å². The predicted octanol–water partition coefficient (Wildman–Crippen LogP) is 3.63. The Morgan fingerprint density at radius 3 is 1.97 bits per heavy atom. The molecule has 0 bridgehead atoms. The summed E-state index contributed by atoms with van der Waals surface area (Å²) in [5.74, 6) is -2.26. The summed E-state index contributed by atoms with van der Waals surface area (Å²) >= 11 is 0. The summed E-state index contributed by atoms with van der Waals surface area (Å²) in [5.41, 5.74) is 2.69. The molecule has 160 valence electrons. The second-order valence-electron chi connectivity index (χ2n) is 7.63. The molecular formula is C26H21NO5. The Kier molecular flexibility index (Phi) is 5.94. The van der Waals surface area contributed by atoms with E-state index in [1.165, 1.54) is 0 Å². The fourth-order valence-corrected chi connectivity index (χ4v) is 3.66. The largest absolute Gasteiger partial charge is 0.456 e. The van der Waals surface area contributed by atoms with Crippen LogP contribution in [0.25, 0.3) is 0 Å². The molecule has 0 aliphatic carbocycles. The van der Waals surface area contributed by atoms with Gasteiger partial charge in [-0.2, -0.15) is 0 Å². The third-order valence-electron chi connectivity index (χ3n) is 5.40. The van der Waals surface area contributed by atoms with Gasteiger partial charge in [-0.05, 0) is 24.6 Å². The number of amides is 2. The average molecular weight is 427 g/mol. The van der Waals surface area contributed by atoms with Crippen LogP contribution >= 0.6 is 0 Å². The maximum atomic E-state index is 13.0. The molecule has 0 unspecified atom stereocenters. The van der Waals surface area contributed by atoms with Crippen LogP contribution in [0.1, 0.15) is 42.2 Å². The number of carbonyl (C=O) groups excluding carboxylic acids is 4. The Bertz CT molecular complexity index is 1150. The minimum absolute atomic E-state index is 0.0872. The van der Waals surface area contributed by atoms with Crippen molar-refractivity contribution in [3.8, 4) is 0 Å². The number of imide groups is 1. The molecule has 1 atom stereocenters. The molecule has 2 amide bonds. The van der Waals surface area contributed by atoms with Crippen LogP contribution in [-0.4, -0.2) is 41.1 Å². The summed E-state index contributed by atoms with van der Waals surface area (Å²) < 4.78 is 5.30. The number of hydrogen-bond donors (Lipinski definition) is 0. The third kappa shape index (κ3) is 4.21. The molecule has 0 radical (unpaired) electrons. The first-order chi connectivity index (χ1) is 15.5. The standard InChI is InChI=1S/C26H21NO5/c1-17-11-13-19(14-12-17)23(28)16-32-26(31)22(15-18-7-3-2-4-8-18)27-24(29)20-9-5-6-10-21(20)25(27)30/h2-14,22H,15-16H2,1H3/t22-/m0/s1. The molecule has 3 aromatic rings. The number of fused-ring (bicyclic) bond motifs is 1. The van der Waals surface area contributed by atoms with Crippen molar-refractivity contribution in [1.82, 2.24) is 4.90 Å². The first-order valence-electron chi connectivity index (χ1n) is 10.2. The molecule has 0 saturated carbocycles. The van der Waals surface area contributed by atoms with Gasteiger partial charge in [0.05, 0.1) is 11.1 Å². The summed E-state index contributed by atoms with van der Waals surface area (Å²) in [6.07, 6.45) is 0.0872. The van der Waals surface area contributed by atoms with Gasteiger partial charge in [0.2, 0.25) is 0 Å². The lowest BCUT2D eigenvalue weighted by Crippen LogP contribution is -2.47. The fraction of sp³-hybridized carbons (Fsp3) is 0.154. The highest BCUT2D eigenvalue weighted by Gasteiger charge is 2.43. The third-order valence-corrected chi connectivity index (χ3v) is 5.40. The molecular weight excluding hydrogens is 406 g/mol. The van der Waals surface area contributed by atoms with Gasteiger partial charge in [0.1, 0.15) is 6.04 Å². The number of rotatable bonds is 7. The normalized spacial score (nSPS) is 13.6. The number of nitrogens with zero attached hydrogens (tertiary/aromatic N) is 1. The van der Waals surface area contributed by atoms with Crippen molar-refractivity contribution in [3.63, 3.8) is 0 Å². The van der Waals surface area contributed by atoms with Crippen LogP contribution in [0.2, 0.25) is 0 Å². The van der Waals surface area contributed by atoms with E-state index in [-0.39, 0.29) is 23.3 Å². The smallest absolute Gasteiger partial charge is 0.330 e. The SMILES string of the molecule is Cc1ccc(C(=O)COC(=O)[C@H](Cc2ccccc2)N2C(=O)c3ccccc3C2=O)cc1. The van der Waals surface area contributed by atoms with Crippen molar-refractivity contribution in [2.24, 2.45) is 0 Å². The summed E-state index contributed by atoms with van der Waals surface area (Å²) in [4.78, 5) is 52.4. The Hall–Kier alpha value is -4.06. The van der Waals surface area contributed by atoms with Gasteiger partial charge in [-0.25, -0.2) is 4.79 Å². The quantitative estimate of drug-likeness (QED) is 0.327. The van der Waals surface area contributed by atoms with Crippen molar-refractivity contribution in [2.45, 2.75) is 19.4 Å². The predicted molar refractivity (Wildman–Crippen MR) is 117 cm³/mol. The summed E-state index contributed by atoms with van der Waals surface area (Å²) in [7, 11) is 0. The van der Waals surface area contributed by atoms with E-state index in [0.29, 0.717) is 5.56 Å². The number of ketones is 1. The Morgan fingerprint density at radius 1 is 0.812 bits per heavy atom. The van der Waals surface area contributed by atoms with Gasteiger partial charge in [-0.15, -0.1) is 0 Å². The fourth-order valence-electron chi connectivity index (χ4n) is 3.66.